The van der Waals surface area contributed by atoms with Gasteiger partial charge >= 0.3 is 6.03 Å². The van der Waals surface area contributed by atoms with Gasteiger partial charge in [-0.15, -0.1) is 0 Å². The zero-order valence-corrected chi connectivity index (χ0v) is 10.2. The molecule has 0 saturated carbocycles. The van der Waals surface area contributed by atoms with Crippen molar-refractivity contribution in [3.8, 4) is 0 Å². The summed E-state index contributed by atoms with van der Waals surface area (Å²) in [6, 6.07) is 7.44. The monoisotopic (exact) mass is 250 g/mol. The molecule has 98 valence electrons. The van der Waals surface area contributed by atoms with Gasteiger partial charge in [-0.2, -0.15) is 0 Å². The molecule has 1 aliphatic heterocycles. The van der Waals surface area contributed by atoms with Crippen molar-refractivity contribution in [1.29, 1.82) is 0 Å². The summed E-state index contributed by atoms with van der Waals surface area (Å²) in [5.74, 6) is 0. The largest absolute Gasteiger partial charge is 0.392 e. The fraction of sp³-hybridized carbons (Fsp3) is 0.462. The van der Waals surface area contributed by atoms with E-state index in [1.165, 1.54) is 0 Å². The van der Waals surface area contributed by atoms with Crippen LogP contribution in [0.5, 0.6) is 0 Å². The lowest BCUT2D eigenvalue weighted by Crippen LogP contribution is -2.42. The molecular weight excluding hydrogens is 232 g/mol. The van der Waals surface area contributed by atoms with E-state index in [1.807, 2.05) is 24.3 Å². The van der Waals surface area contributed by atoms with Crippen LogP contribution in [0.25, 0.3) is 0 Å². The van der Waals surface area contributed by atoms with Crippen molar-refractivity contribution in [2.24, 2.45) is 0 Å². The third-order valence-corrected chi connectivity index (χ3v) is 2.89. The summed E-state index contributed by atoms with van der Waals surface area (Å²) in [5.41, 5.74) is 1.82. The standard InChI is InChI=1S/C13H18N2O3/c16-8-11-3-1-2-10(6-11)7-14-13(17)15-12-4-5-18-9-12/h1-3,6,12,16H,4-5,7-9H2,(H2,14,15,17). The van der Waals surface area contributed by atoms with Crippen LogP contribution in [-0.4, -0.2) is 30.4 Å². The van der Waals surface area contributed by atoms with E-state index in [0.29, 0.717) is 19.8 Å². The Hall–Kier alpha value is -1.59. The summed E-state index contributed by atoms with van der Waals surface area (Å²) >= 11 is 0. The molecule has 1 heterocycles. The second-order valence-electron chi connectivity index (χ2n) is 4.37. The Labute approximate surface area is 106 Å². The summed E-state index contributed by atoms with van der Waals surface area (Å²) in [7, 11) is 0. The second-order valence-corrected chi connectivity index (χ2v) is 4.37. The first kappa shape index (κ1) is 12.9. The Kier molecular flexibility index (Phi) is 4.55. The number of rotatable bonds is 4. The van der Waals surface area contributed by atoms with Crippen LogP contribution in [0, 0.1) is 0 Å². The lowest BCUT2D eigenvalue weighted by atomic mass is 10.1. The number of aliphatic hydroxyl groups is 1. The molecule has 0 aliphatic carbocycles. The summed E-state index contributed by atoms with van der Waals surface area (Å²) in [6.45, 7) is 1.77. The van der Waals surface area contributed by atoms with Crippen LogP contribution in [0.15, 0.2) is 24.3 Å². The SMILES string of the molecule is O=C(NCc1cccc(CO)c1)NC1CCOC1. The van der Waals surface area contributed by atoms with Gasteiger partial charge in [-0.1, -0.05) is 24.3 Å². The molecular formula is C13H18N2O3. The maximum absolute atomic E-state index is 11.6. The minimum atomic E-state index is -0.181. The van der Waals surface area contributed by atoms with Crippen molar-refractivity contribution in [2.75, 3.05) is 13.2 Å². The molecule has 1 aliphatic rings. The Morgan fingerprint density at radius 3 is 3.00 bits per heavy atom. The third kappa shape index (κ3) is 3.72. The highest BCUT2D eigenvalue weighted by molar-refractivity contribution is 5.74. The normalized spacial score (nSPS) is 18.6. The average molecular weight is 250 g/mol. The van der Waals surface area contributed by atoms with E-state index >= 15 is 0 Å². The molecule has 1 unspecified atom stereocenters. The molecule has 5 heteroatoms. The second kappa shape index (κ2) is 6.37. The molecule has 2 rings (SSSR count). The van der Waals surface area contributed by atoms with Crippen molar-refractivity contribution < 1.29 is 14.6 Å². The minimum Gasteiger partial charge on any atom is -0.392 e. The molecule has 1 saturated heterocycles. The zero-order valence-electron chi connectivity index (χ0n) is 10.2. The minimum absolute atomic E-state index is 0.0133. The van der Waals surface area contributed by atoms with E-state index in [-0.39, 0.29) is 18.7 Å². The fourth-order valence-electron chi connectivity index (χ4n) is 1.91. The van der Waals surface area contributed by atoms with E-state index in [1.54, 1.807) is 0 Å². The van der Waals surface area contributed by atoms with Gasteiger partial charge in [0.05, 0.1) is 19.3 Å². The predicted octanol–water partition coefficient (Wildman–Crippen LogP) is 0.767. The summed E-state index contributed by atoms with van der Waals surface area (Å²) in [4.78, 5) is 11.6. The number of hydrogen-bond donors (Lipinski definition) is 3. The predicted molar refractivity (Wildman–Crippen MR) is 67.0 cm³/mol. The highest BCUT2D eigenvalue weighted by Gasteiger charge is 2.17. The number of aliphatic hydroxyl groups excluding tert-OH is 1. The first-order valence-corrected chi connectivity index (χ1v) is 6.08. The van der Waals surface area contributed by atoms with E-state index in [0.717, 1.165) is 17.5 Å². The number of carbonyl (C=O) groups is 1. The van der Waals surface area contributed by atoms with E-state index in [4.69, 9.17) is 9.84 Å². The Bertz CT molecular complexity index is 403. The molecule has 0 radical (unpaired) electrons. The molecule has 0 bridgehead atoms. The molecule has 1 fully saturated rings. The summed E-state index contributed by atoms with van der Waals surface area (Å²) in [6.07, 6.45) is 0.868. The van der Waals surface area contributed by atoms with Gasteiger partial charge < -0.3 is 20.5 Å². The molecule has 3 N–H and O–H groups in total. The van der Waals surface area contributed by atoms with Gasteiger partial charge in [0.2, 0.25) is 0 Å². The number of benzene rings is 1. The number of urea groups is 1. The number of hydrogen-bond acceptors (Lipinski definition) is 3. The van der Waals surface area contributed by atoms with Crippen molar-refractivity contribution in [2.45, 2.75) is 25.6 Å². The smallest absolute Gasteiger partial charge is 0.315 e. The fourth-order valence-corrected chi connectivity index (χ4v) is 1.91. The van der Waals surface area contributed by atoms with Gasteiger partial charge in [0.1, 0.15) is 0 Å². The van der Waals surface area contributed by atoms with Crippen molar-refractivity contribution in [3.63, 3.8) is 0 Å². The van der Waals surface area contributed by atoms with Gasteiger partial charge in [-0.25, -0.2) is 4.79 Å². The summed E-state index contributed by atoms with van der Waals surface area (Å²) < 4.78 is 5.18. The summed E-state index contributed by atoms with van der Waals surface area (Å²) in [5, 5.41) is 14.7. The molecule has 0 aromatic heterocycles. The van der Waals surface area contributed by atoms with Crippen LogP contribution in [0.1, 0.15) is 17.5 Å². The number of ether oxygens (including phenoxy) is 1. The maximum Gasteiger partial charge on any atom is 0.315 e. The maximum atomic E-state index is 11.6. The van der Waals surface area contributed by atoms with Crippen molar-refractivity contribution in [3.05, 3.63) is 35.4 Å². The van der Waals surface area contributed by atoms with Crippen LogP contribution in [0.3, 0.4) is 0 Å². The third-order valence-electron chi connectivity index (χ3n) is 2.89. The highest BCUT2D eigenvalue weighted by atomic mass is 16.5. The lowest BCUT2D eigenvalue weighted by molar-refractivity contribution is 0.188. The molecule has 18 heavy (non-hydrogen) atoms. The first-order chi connectivity index (χ1) is 8.78. The van der Waals surface area contributed by atoms with E-state index < -0.39 is 0 Å². The van der Waals surface area contributed by atoms with Crippen molar-refractivity contribution >= 4 is 6.03 Å². The quantitative estimate of drug-likeness (QED) is 0.739. The number of nitrogens with one attached hydrogen (secondary N) is 2. The van der Waals surface area contributed by atoms with Gasteiger partial charge in [0, 0.05) is 13.2 Å². The van der Waals surface area contributed by atoms with Gasteiger partial charge in [-0.05, 0) is 17.5 Å². The lowest BCUT2D eigenvalue weighted by Gasteiger charge is -2.12. The van der Waals surface area contributed by atoms with Crippen LogP contribution < -0.4 is 10.6 Å². The Balaban J connectivity index is 1.77. The van der Waals surface area contributed by atoms with Crippen molar-refractivity contribution in [1.82, 2.24) is 10.6 Å². The zero-order chi connectivity index (χ0) is 12.8. The van der Waals surface area contributed by atoms with Crippen LogP contribution in [0.4, 0.5) is 4.79 Å². The average Bonchev–Trinajstić information content (AvgIpc) is 2.89. The van der Waals surface area contributed by atoms with E-state index in [9.17, 15) is 4.79 Å². The first-order valence-electron chi connectivity index (χ1n) is 6.08. The molecule has 1 aromatic rings. The Morgan fingerprint density at radius 1 is 1.44 bits per heavy atom. The van der Waals surface area contributed by atoms with Gasteiger partial charge in [0.25, 0.3) is 0 Å². The topological polar surface area (TPSA) is 70.6 Å². The van der Waals surface area contributed by atoms with Gasteiger partial charge in [-0.3, -0.25) is 0 Å². The molecule has 0 spiro atoms. The van der Waals surface area contributed by atoms with E-state index in [2.05, 4.69) is 10.6 Å². The molecule has 5 nitrogen and oxygen atoms in total. The highest BCUT2D eigenvalue weighted by Crippen LogP contribution is 2.05. The van der Waals surface area contributed by atoms with Crippen LogP contribution in [0.2, 0.25) is 0 Å². The Morgan fingerprint density at radius 2 is 2.28 bits per heavy atom. The number of carbonyl (C=O) groups excluding carboxylic acids is 1. The molecule has 1 aromatic carbocycles. The number of amides is 2. The van der Waals surface area contributed by atoms with Crippen LogP contribution >= 0.6 is 0 Å². The van der Waals surface area contributed by atoms with Gasteiger partial charge in [0.15, 0.2) is 0 Å². The molecule has 1 atom stereocenters. The van der Waals surface area contributed by atoms with Crippen LogP contribution in [-0.2, 0) is 17.9 Å². The molecule has 2 amide bonds.